The first kappa shape index (κ1) is 13.1. The van der Waals surface area contributed by atoms with Gasteiger partial charge in [-0.1, -0.05) is 0 Å². The van der Waals surface area contributed by atoms with E-state index in [4.69, 9.17) is 4.74 Å². The molecular formula is C15H17N3OS. The molecule has 0 saturated heterocycles. The van der Waals surface area contributed by atoms with Crippen molar-refractivity contribution in [2.45, 2.75) is 26.7 Å². The summed E-state index contributed by atoms with van der Waals surface area (Å²) in [4.78, 5) is 11.9. The van der Waals surface area contributed by atoms with Crippen LogP contribution in [0, 0.1) is 13.8 Å². The predicted octanol–water partition coefficient (Wildman–Crippen LogP) is 3.65. The van der Waals surface area contributed by atoms with E-state index in [-0.39, 0.29) is 0 Å². The van der Waals surface area contributed by atoms with Gasteiger partial charge in [-0.25, -0.2) is 9.97 Å². The average molecular weight is 287 g/mol. The Balaban J connectivity index is 1.55. The van der Waals surface area contributed by atoms with Crippen molar-refractivity contribution < 1.29 is 4.74 Å². The summed E-state index contributed by atoms with van der Waals surface area (Å²) in [5.74, 6) is 0.890. The maximum Gasteiger partial charge on any atom is 0.121 e. The van der Waals surface area contributed by atoms with Crippen LogP contribution in [0.3, 0.4) is 0 Å². The Hall–Kier alpha value is -1.88. The summed E-state index contributed by atoms with van der Waals surface area (Å²) >= 11 is 1.71. The quantitative estimate of drug-likeness (QED) is 0.729. The molecule has 1 N–H and O–H groups in total. The molecule has 0 aliphatic rings. The SMILES string of the molecule is Cc1nc2cc(OCCCc3nc[nH]c3C)ccc2s1. The third kappa shape index (κ3) is 2.82. The van der Waals surface area contributed by atoms with E-state index in [1.54, 1.807) is 17.7 Å². The van der Waals surface area contributed by atoms with Crippen molar-refractivity contribution in [1.29, 1.82) is 0 Å². The number of hydrogen-bond donors (Lipinski definition) is 1. The molecule has 0 saturated carbocycles. The molecule has 3 rings (SSSR count). The molecule has 3 aromatic rings. The zero-order chi connectivity index (χ0) is 13.9. The predicted molar refractivity (Wildman–Crippen MR) is 81.5 cm³/mol. The molecule has 0 radical (unpaired) electrons. The zero-order valence-electron chi connectivity index (χ0n) is 11.6. The number of H-pyrrole nitrogens is 1. The molecule has 0 aliphatic carbocycles. The fourth-order valence-corrected chi connectivity index (χ4v) is 2.99. The molecule has 104 valence electrons. The van der Waals surface area contributed by atoms with Crippen molar-refractivity contribution in [3.8, 4) is 5.75 Å². The van der Waals surface area contributed by atoms with Crippen molar-refractivity contribution in [3.63, 3.8) is 0 Å². The molecule has 0 aliphatic heterocycles. The molecular weight excluding hydrogens is 270 g/mol. The Kier molecular flexibility index (Phi) is 3.69. The van der Waals surface area contributed by atoms with Gasteiger partial charge in [0.15, 0.2) is 0 Å². The summed E-state index contributed by atoms with van der Waals surface area (Å²) < 4.78 is 7.00. The zero-order valence-corrected chi connectivity index (χ0v) is 12.5. The minimum Gasteiger partial charge on any atom is -0.494 e. The molecule has 0 amide bonds. The second-order valence-electron chi connectivity index (χ2n) is 4.79. The van der Waals surface area contributed by atoms with E-state index in [2.05, 4.69) is 21.0 Å². The number of benzene rings is 1. The lowest BCUT2D eigenvalue weighted by atomic mass is 10.2. The maximum absolute atomic E-state index is 5.79. The van der Waals surface area contributed by atoms with Gasteiger partial charge >= 0.3 is 0 Å². The van der Waals surface area contributed by atoms with Crippen molar-refractivity contribution >= 4 is 21.6 Å². The van der Waals surface area contributed by atoms with E-state index < -0.39 is 0 Å². The van der Waals surface area contributed by atoms with Crippen LogP contribution in [-0.4, -0.2) is 21.6 Å². The van der Waals surface area contributed by atoms with Gasteiger partial charge in [0, 0.05) is 11.8 Å². The van der Waals surface area contributed by atoms with Crippen LogP contribution in [0.5, 0.6) is 5.75 Å². The number of nitrogens with one attached hydrogen (secondary N) is 1. The fourth-order valence-electron chi connectivity index (χ4n) is 2.18. The number of aromatic amines is 1. The number of nitrogens with zero attached hydrogens (tertiary/aromatic N) is 2. The minimum atomic E-state index is 0.695. The van der Waals surface area contributed by atoms with Crippen molar-refractivity contribution in [2.24, 2.45) is 0 Å². The number of imidazole rings is 1. The first-order chi connectivity index (χ1) is 9.72. The highest BCUT2D eigenvalue weighted by molar-refractivity contribution is 7.18. The molecule has 4 nitrogen and oxygen atoms in total. The van der Waals surface area contributed by atoms with Crippen LogP contribution >= 0.6 is 11.3 Å². The van der Waals surface area contributed by atoms with Crippen LogP contribution in [0.4, 0.5) is 0 Å². The lowest BCUT2D eigenvalue weighted by molar-refractivity contribution is 0.311. The van der Waals surface area contributed by atoms with E-state index in [0.29, 0.717) is 6.61 Å². The smallest absolute Gasteiger partial charge is 0.121 e. The standard InChI is InChI=1S/C15H17N3OS/c1-10-13(17-9-16-10)4-3-7-19-12-5-6-15-14(8-12)18-11(2)20-15/h5-6,8-9H,3-4,7H2,1-2H3,(H,16,17). The summed E-state index contributed by atoms with van der Waals surface area (Å²) in [6, 6.07) is 6.10. The number of rotatable bonds is 5. The number of aromatic nitrogens is 3. The lowest BCUT2D eigenvalue weighted by Gasteiger charge is -2.05. The van der Waals surface area contributed by atoms with Gasteiger partial charge in [0.05, 0.1) is 33.9 Å². The molecule has 0 unspecified atom stereocenters. The Morgan fingerprint density at radius 1 is 1.30 bits per heavy atom. The van der Waals surface area contributed by atoms with Gasteiger partial charge in [-0.2, -0.15) is 0 Å². The lowest BCUT2D eigenvalue weighted by Crippen LogP contribution is -2.00. The fraction of sp³-hybridized carbons (Fsp3) is 0.333. The maximum atomic E-state index is 5.79. The summed E-state index contributed by atoms with van der Waals surface area (Å²) in [5.41, 5.74) is 3.29. The molecule has 0 fully saturated rings. The van der Waals surface area contributed by atoms with Crippen LogP contribution < -0.4 is 4.74 Å². The van der Waals surface area contributed by atoms with Crippen molar-refractivity contribution in [1.82, 2.24) is 15.0 Å². The van der Waals surface area contributed by atoms with E-state index in [9.17, 15) is 0 Å². The third-order valence-corrected chi connectivity index (χ3v) is 4.18. The summed E-state index contributed by atoms with van der Waals surface area (Å²) in [7, 11) is 0. The Morgan fingerprint density at radius 2 is 2.20 bits per heavy atom. The Morgan fingerprint density at radius 3 is 3.00 bits per heavy atom. The van der Waals surface area contributed by atoms with Crippen LogP contribution in [0.1, 0.15) is 22.8 Å². The van der Waals surface area contributed by atoms with Gasteiger partial charge in [0.25, 0.3) is 0 Å². The number of hydrogen-bond acceptors (Lipinski definition) is 4. The second-order valence-corrected chi connectivity index (χ2v) is 6.02. The van der Waals surface area contributed by atoms with E-state index in [1.165, 1.54) is 4.70 Å². The Labute approximate surface area is 121 Å². The van der Waals surface area contributed by atoms with Crippen LogP contribution in [0.15, 0.2) is 24.5 Å². The van der Waals surface area contributed by atoms with Gasteiger partial charge in [0.2, 0.25) is 0 Å². The number of ether oxygens (including phenoxy) is 1. The van der Waals surface area contributed by atoms with Crippen molar-refractivity contribution in [2.75, 3.05) is 6.61 Å². The van der Waals surface area contributed by atoms with Gasteiger partial charge in [-0.15, -0.1) is 11.3 Å². The molecule has 5 heteroatoms. The minimum absolute atomic E-state index is 0.695. The summed E-state index contributed by atoms with van der Waals surface area (Å²) in [6.45, 7) is 4.76. The third-order valence-electron chi connectivity index (χ3n) is 3.23. The molecule has 0 bridgehead atoms. The molecule has 1 aromatic carbocycles. The van der Waals surface area contributed by atoms with Crippen LogP contribution in [0.2, 0.25) is 0 Å². The second kappa shape index (κ2) is 5.63. The first-order valence-corrected chi connectivity index (χ1v) is 7.53. The highest BCUT2D eigenvalue weighted by atomic mass is 32.1. The molecule has 2 heterocycles. The van der Waals surface area contributed by atoms with Crippen molar-refractivity contribution in [3.05, 3.63) is 40.9 Å². The van der Waals surface area contributed by atoms with Crippen LogP contribution in [-0.2, 0) is 6.42 Å². The van der Waals surface area contributed by atoms with Gasteiger partial charge < -0.3 is 9.72 Å². The van der Waals surface area contributed by atoms with Gasteiger partial charge in [-0.3, -0.25) is 0 Å². The molecule has 2 aromatic heterocycles. The van der Waals surface area contributed by atoms with E-state index in [0.717, 1.165) is 40.5 Å². The van der Waals surface area contributed by atoms with E-state index in [1.807, 2.05) is 26.0 Å². The highest BCUT2D eigenvalue weighted by Gasteiger charge is 2.03. The van der Waals surface area contributed by atoms with Gasteiger partial charge in [-0.05, 0) is 38.8 Å². The number of thiazole rings is 1. The average Bonchev–Trinajstić information content (AvgIpc) is 2.99. The molecule has 0 spiro atoms. The largest absolute Gasteiger partial charge is 0.494 e. The topological polar surface area (TPSA) is 50.8 Å². The Bertz CT molecular complexity index is 717. The van der Waals surface area contributed by atoms with Gasteiger partial charge in [0.1, 0.15) is 5.75 Å². The monoisotopic (exact) mass is 287 g/mol. The molecule has 20 heavy (non-hydrogen) atoms. The van der Waals surface area contributed by atoms with E-state index >= 15 is 0 Å². The number of aryl methyl sites for hydroxylation is 3. The summed E-state index contributed by atoms with van der Waals surface area (Å²) in [5, 5.41) is 1.09. The highest BCUT2D eigenvalue weighted by Crippen LogP contribution is 2.25. The summed E-state index contributed by atoms with van der Waals surface area (Å²) in [6.07, 6.45) is 3.64. The number of fused-ring (bicyclic) bond motifs is 1. The molecule has 0 atom stereocenters. The van der Waals surface area contributed by atoms with Crippen LogP contribution in [0.25, 0.3) is 10.2 Å². The normalized spacial score (nSPS) is 11.1. The first-order valence-electron chi connectivity index (χ1n) is 6.71.